The van der Waals surface area contributed by atoms with Gasteiger partial charge in [0.1, 0.15) is 6.33 Å². The van der Waals surface area contributed by atoms with E-state index in [0.29, 0.717) is 0 Å². The van der Waals surface area contributed by atoms with Gasteiger partial charge < -0.3 is 0 Å². The van der Waals surface area contributed by atoms with Crippen molar-refractivity contribution in [3.8, 4) is 0 Å². The number of fused-ring (bicyclic) bond motifs is 4. The lowest BCUT2D eigenvalue weighted by Crippen LogP contribution is -2.41. The Morgan fingerprint density at radius 2 is 2.25 bits per heavy atom. The van der Waals surface area contributed by atoms with Crippen LogP contribution >= 0.6 is 0 Å². The van der Waals surface area contributed by atoms with Crippen LogP contribution in [-0.2, 0) is 16.4 Å². The first-order chi connectivity index (χ1) is 7.57. The molecule has 0 amide bonds. The molecule has 86 valence electrons. The quantitative estimate of drug-likeness (QED) is 0.716. The smallest absolute Gasteiger partial charge is 0.212 e. The van der Waals surface area contributed by atoms with Gasteiger partial charge in [-0.15, -0.1) is 0 Å². The molecule has 0 radical (unpaired) electrons. The molecule has 0 saturated carbocycles. The molecule has 2 bridgehead atoms. The van der Waals surface area contributed by atoms with Crippen LogP contribution in [0.5, 0.6) is 0 Å². The zero-order valence-electron chi connectivity index (χ0n) is 9.00. The van der Waals surface area contributed by atoms with Crippen molar-refractivity contribution in [2.45, 2.75) is 31.3 Å². The minimum atomic E-state index is -3.13. The van der Waals surface area contributed by atoms with E-state index in [9.17, 15) is 8.42 Å². The molecule has 0 N–H and O–H groups in total. The maximum Gasteiger partial charge on any atom is 0.212 e. The van der Waals surface area contributed by atoms with Crippen LogP contribution in [0, 0.1) is 0 Å². The van der Waals surface area contributed by atoms with Crippen molar-refractivity contribution >= 4 is 10.0 Å². The van der Waals surface area contributed by atoms with Crippen LogP contribution in [0.25, 0.3) is 0 Å². The predicted molar refractivity (Wildman–Crippen MR) is 58.2 cm³/mol. The summed E-state index contributed by atoms with van der Waals surface area (Å²) in [4.78, 5) is 8.24. The fourth-order valence-electron chi connectivity index (χ4n) is 2.88. The molecule has 1 fully saturated rings. The van der Waals surface area contributed by atoms with Gasteiger partial charge in [-0.3, -0.25) is 0 Å². The van der Waals surface area contributed by atoms with Crippen LogP contribution in [0.4, 0.5) is 0 Å². The first kappa shape index (κ1) is 10.2. The molecule has 3 rings (SSSR count). The predicted octanol–water partition coefficient (Wildman–Crippen LogP) is 0.498. The van der Waals surface area contributed by atoms with Crippen LogP contribution in [0.1, 0.15) is 30.1 Å². The average Bonchev–Trinajstić information content (AvgIpc) is 2.55. The van der Waals surface area contributed by atoms with Gasteiger partial charge in [-0.25, -0.2) is 18.4 Å². The Balaban J connectivity index is 2.12. The number of rotatable bonds is 1. The molecular formula is C10H13N3O2S. The summed E-state index contributed by atoms with van der Waals surface area (Å²) in [6, 6.07) is 0.0624. The van der Waals surface area contributed by atoms with Crippen LogP contribution in [0.2, 0.25) is 0 Å². The molecule has 0 aliphatic carbocycles. The summed E-state index contributed by atoms with van der Waals surface area (Å²) in [5, 5.41) is 0. The van der Waals surface area contributed by atoms with E-state index in [4.69, 9.17) is 0 Å². The molecule has 5 nitrogen and oxygen atoms in total. The summed E-state index contributed by atoms with van der Waals surface area (Å²) in [6.07, 6.45) is 7.11. The van der Waals surface area contributed by atoms with Crippen LogP contribution in [-0.4, -0.2) is 35.0 Å². The molecule has 2 aliphatic rings. The Kier molecular flexibility index (Phi) is 2.06. The van der Waals surface area contributed by atoms with Crippen LogP contribution in [0.15, 0.2) is 12.5 Å². The van der Waals surface area contributed by atoms with E-state index in [1.807, 2.05) is 0 Å². The monoisotopic (exact) mass is 239 g/mol. The summed E-state index contributed by atoms with van der Waals surface area (Å²) < 4.78 is 25.1. The normalized spacial score (nSPS) is 29.1. The SMILES string of the molecule is CS(=O)(=O)N1C2CCC1c1cncnc1C2. The van der Waals surface area contributed by atoms with Gasteiger partial charge >= 0.3 is 0 Å². The third kappa shape index (κ3) is 1.36. The molecule has 2 unspecified atom stereocenters. The molecule has 1 saturated heterocycles. The number of hydrogen-bond acceptors (Lipinski definition) is 4. The van der Waals surface area contributed by atoms with Crippen LogP contribution < -0.4 is 0 Å². The van der Waals surface area contributed by atoms with Gasteiger partial charge in [0.15, 0.2) is 0 Å². The minimum absolute atomic E-state index is 0.0371. The largest absolute Gasteiger partial charge is 0.244 e. The summed E-state index contributed by atoms with van der Waals surface area (Å²) >= 11 is 0. The zero-order chi connectivity index (χ0) is 11.3. The maximum atomic E-state index is 11.7. The van der Waals surface area contributed by atoms with Crippen molar-refractivity contribution in [3.05, 3.63) is 23.8 Å². The van der Waals surface area contributed by atoms with E-state index < -0.39 is 10.0 Å². The lowest BCUT2D eigenvalue weighted by molar-refractivity contribution is 0.302. The third-order valence-corrected chi connectivity index (χ3v) is 4.76. The van der Waals surface area contributed by atoms with E-state index in [0.717, 1.165) is 30.5 Å². The van der Waals surface area contributed by atoms with Gasteiger partial charge in [0.05, 0.1) is 18.0 Å². The maximum absolute atomic E-state index is 11.7. The number of sulfonamides is 1. The second-order valence-corrected chi connectivity index (χ2v) is 6.36. The second kappa shape index (κ2) is 3.24. The molecule has 1 aromatic heterocycles. The van der Waals surface area contributed by atoms with E-state index in [1.54, 1.807) is 10.5 Å². The highest BCUT2D eigenvalue weighted by atomic mass is 32.2. The fraction of sp³-hybridized carbons (Fsp3) is 0.600. The van der Waals surface area contributed by atoms with E-state index >= 15 is 0 Å². The van der Waals surface area contributed by atoms with Gasteiger partial charge in [-0.1, -0.05) is 0 Å². The van der Waals surface area contributed by atoms with Crippen molar-refractivity contribution in [3.63, 3.8) is 0 Å². The Hall–Kier alpha value is -1.01. The summed E-state index contributed by atoms with van der Waals surface area (Å²) in [5.74, 6) is 0. The Labute approximate surface area is 94.6 Å². The molecule has 0 spiro atoms. The average molecular weight is 239 g/mol. The Morgan fingerprint density at radius 3 is 3.00 bits per heavy atom. The van der Waals surface area contributed by atoms with E-state index in [1.165, 1.54) is 12.6 Å². The van der Waals surface area contributed by atoms with Crippen molar-refractivity contribution in [1.82, 2.24) is 14.3 Å². The van der Waals surface area contributed by atoms with Gasteiger partial charge in [0.25, 0.3) is 0 Å². The number of nitrogens with zero attached hydrogens (tertiary/aromatic N) is 3. The van der Waals surface area contributed by atoms with Crippen molar-refractivity contribution in [1.29, 1.82) is 0 Å². The van der Waals surface area contributed by atoms with Crippen molar-refractivity contribution in [2.75, 3.05) is 6.26 Å². The standard InChI is InChI=1S/C10H13N3O2S/c1-16(14,15)13-7-2-3-10(13)8-5-11-6-12-9(8)4-7/h5-7,10H,2-4H2,1H3. The molecule has 16 heavy (non-hydrogen) atoms. The van der Waals surface area contributed by atoms with Crippen molar-refractivity contribution < 1.29 is 8.42 Å². The lowest BCUT2D eigenvalue weighted by atomic mass is 10.0. The highest BCUT2D eigenvalue weighted by Gasteiger charge is 2.45. The molecule has 3 heterocycles. The van der Waals surface area contributed by atoms with Crippen molar-refractivity contribution in [2.24, 2.45) is 0 Å². The fourth-order valence-corrected chi connectivity index (χ4v) is 4.29. The van der Waals surface area contributed by atoms with E-state index in [2.05, 4.69) is 9.97 Å². The molecule has 2 atom stereocenters. The zero-order valence-corrected chi connectivity index (χ0v) is 9.81. The van der Waals surface area contributed by atoms with Gasteiger partial charge in [-0.05, 0) is 12.8 Å². The highest BCUT2D eigenvalue weighted by molar-refractivity contribution is 7.88. The molecule has 0 aromatic carbocycles. The lowest BCUT2D eigenvalue weighted by Gasteiger charge is -2.33. The topological polar surface area (TPSA) is 63.2 Å². The van der Waals surface area contributed by atoms with Gasteiger partial charge in [-0.2, -0.15) is 4.31 Å². The highest BCUT2D eigenvalue weighted by Crippen LogP contribution is 2.43. The molecule has 1 aromatic rings. The minimum Gasteiger partial charge on any atom is -0.244 e. The van der Waals surface area contributed by atoms with Gasteiger partial charge in [0.2, 0.25) is 10.0 Å². The number of hydrogen-bond donors (Lipinski definition) is 0. The van der Waals surface area contributed by atoms with E-state index in [-0.39, 0.29) is 12.1 Å². The molecule has 6 heteroatoms. The summed E-state index contributed by atoms with van der Waals surface area (Å²) in [5.41, 5.74) is 2.00. The summed E-state index contributed by atoms with van der Waals surface area (Å²) in [7, 11) is -3.13. The Morgan fingerprint density at radius 1 is 1.44 bits per heavy atom. The summed E-state index contributed by atoms with van der Waals surface area (Å²) in [6.45, 7) is 0. The second-order valence-electron chi connectivity index (χ2n) is 4.47. The molecule has 2 aliphatic heterocycles. The Bertz CT molecular complexity index is 529. The first-order valence-corrected chi connectivity index (χ1v) is 7.19. The molecular weight excluding hydrogens is 226 g/mol. The van der Waals surface area contributed by atoms with Gasteiger partial charge in [0, 0.05) is 24.2 Å². The third-order valence-electron chi connectivity index (χ3n) is 3.44. The number of aromatic nitrogens is 2. The van der Waals surface area contributed by atoms with Crippen LogP contribution in [0.3, 0.4) is 0 Å². The first-order valence-electron chi connectivity index (χ1n) is 5.34.